The van der Waals surface area contributed by atoms with Gasteiger partial charge in [0, 0.05) is 0 Å². The number of hydrogen-bond donors (Lipinski definition) is 0. The van der Waals surface area contributed by atoms with Crippen LogP contribution in [0.15, 0.2) is 54.6 Å². The minimum absolute atomic E-state index is 0.0874. The van der Waals surface area contributed by atoms with E-state index in [-0.39, 0.29) is 5.82 Å². The first-order valence-corrected chi connectivity index (χ1v) is 5.63. The smallest absolute Gasteiger partial charge is 0.126 e. The molecule has 0 aliphatic carbocycles. The zero-order chi connectivity index (χ0) is 11.2. The van der Waals surface area contributed by atoms with E-state index in [1.165, 1.54) is 11.6 Å². The minimum atomic E-state index is -0.0874. The molecule has 0 unspecified atom stereocenters. The standard InChI is InChI=1S/C15H15F/c16-15-12-5-4-10-14(15)11-6-9-13-7-2-1-3-8-13/h1-5,7-8,10,12H,6,9,11H2. The topological polar surface area (TPSA) is 0 Å². The second kappa shape index (κ2) is 5.45. The monoisotopic (exact) mass is 214 g/mol. The summed E-state index contributed by atoms with van der Waals surface area (Å²) in [7, 11) is 0. The van der Waals surface area contributed by atoms with Crippen molar-refractivity contribution in [2.75, 3.05) is 0 Å². The maximum absolute atomic E-state index is 13.3. The fourth-order valence-corrected chi connectivity index (χ4v) is 1.83. The second-order valence-corrected chi connectivity index (χ2v) is 3.93. The Balaban J connectivity index is 1.87. The van der Waals surface area contributed by atoms with Gasteiger partial charge in [0.2, 0.25) is 0 Å². The summed E-state index contributed by atoms with van der Waals surface area (Å²) in [5, 5.41) is 0. The van der Waals surface area contributed by atoms with Gasteiger partial charge in [-0.3, -0.25) is 0 Å². The van der Waals surface area contributed by atoms with Crippen LogP contribution in [0.3, 0.4) is 0 Å². The summed E-state index contributed by atoms with van der Waals surface area (Å²) in [6, 6.07) is 17.3. The van der Waals surface area contributed by atoms with Gasteiger partial charge in [0.1, 0.15) is 5.82 Å². The lowest BCUT2D eigenvalue weighted by atomic mass is 10.0. The first-order valence-electron chi connectivity index (χ1n) is 5.63. The number of benzene rings is 2. The van der Waals surface area contributed by atoms with E-state index in [9.17, 15) is 4.39 Å². The van der Waals surface area contributed by atoms with Gasteiger partial charge in [-0.05, 0) is 36.5 Å². The molecule has 82 valence electrons. The predicted molar refractivity (Wildman–Crippen MR) is 64.9 cm³/mol. The van der Waals surface area contributed by atoms with E-state index < -0.39 is 0 Å². The average molecular weight is 214 g/mol. The highest BCUT2D eigenvalue weighted by molar-refractivity contribution is 5.18. The van der Waals surface area contributed by atoms with Crippen molar-refractivity contribution in [1.82, 2.24) is 0 Å². The number of rotatable bonds is 4. The molecule has 0 N–H and O–H groups in total. The lowest BCUT2D eigenvalue weighted by Crippen LogP contribution is -1.92. The Kier molecular flexibility index (Phi) is 3.71. The second-order valence-electron chi connectivity index (χ2n) is 3.93. The van der Waals surface area contributed by atoms with Gasteiger partial charge in [0.15, 0.2) is 0 Å². The lowest BCUT2D eigenvalue weighted by molar-refractivity contribution is 0.604. The van der Waals surface area contributed by atoms with Crippen LogP contribution in [0.1, 0.15) is 17.5 Å². The molecule has 0 atom stereocenters. The van der Waals surface area contributed by atoms with E-state index in [2.05, 4.69) is 12.1 Å². The molecule has 0 fully saturated rings. The molecular formula is C15H15F. The molecule has 0 spiro atoms. The molecule has 0 amide bonds. The number of hydrogen-bond acceptors (Lipinski definition) is 0. The predicted octanol–water partition coefficient (Wildman–Crippen LogP) is 4.00. The molecule has 2 rings (SSSR count). The lowest BCUT2D eigenvalue weighted by Gasteiger charge is -2.03. The Morgan fingerprint density at radius 2 is 1.44 bits per heavy atom. The molecular weight excluding hydrogens is 199 g/mol. The molecule has 1 heteroatoms. The molecule has 16 heavy (non-hydrogen) atoms. The number of aryl methyl sites for hydroxylation is 2. The zero-order valence-corrected chi connectivity index (χ0v) is 9.20. The van der Waals surface area contributed by atoms with Crippen molar-refractivity contribution in [2.45, 2.75) is 19.3 Å². The Morgan fingerprint density at radius 1 is 0.750 bits per heavy atom. The van der Waals surface area contributed by atoms with Crippen LogP contribution in [0.2, 0.25) is 0 Å². The van der Waals surface area contributed by atoms with Gasteiger partial charge in [-0.2, -0.15) is 0 Å². The van der Waals surface area contributed by atoms with Gasteiger partial charge in [0.25, 0.3) is 0 Å². The first-order chi connectivity index (χ1) is 7.86. The van der Waals surface area contributed by atoms with Crippen molar-refractivity contribution in [1.29, 1.82) is 0 Å². The highest BCUT2D eigenvalue weighted by Crippen LogP contribution is 2.11. The molecule has 0 aliphatic rings. The van der Waals surface area contributed by atoms with Crippen LogP contribution < -0.4 is 0 Å². The summed E-state index contributed by atoms with van der Waals surface area (Å²) in [5.41, 5.74) is 2.14. The maximum Gasteiger partial charge on any atom is 0.126 e. The maximum atomic E-state index is 13.3. The van der Waals surface area contributed by atoms with Gasteiger partial charge < -0.3 is 0 Å². The van der Waals surface area contributed by atoms with Gasteiger partial charge in [0.05, 0.1) is 0 Å². The zero-order valence-electron chi connectivity index (χ0n) is 9.20. The van der Waals surface area contributed by atoms with Gasteiger partial charge in [-0.15, -0.1) is 0 Å². The van der Waals surface area contributed by atoms with E-state index >= 15 is 0 Å². The van der Waals surface area contributed by atoms with E-state index in [4.69, 9.17) is 0 Å². The largest absolute Gasteiger partial charge is 0.207 e. The van der Waals surface area contributed by atoms with E-state index in [0.29, 0.717) is 0 Å². The highest BCUT2D eigenvalue weighted by atomic mass is 19.1. The summed E-state index contributed by atoms with van der Waals surface area (Å²) >= 11 is 0. The summed E-state index contributed by atoms with van der Waals surface area (Å²) < 4.78 is 13.3. The van der Waals surface area contributed by atoms with Crippen molar-refractivity contribution in [3.63, 3.8) is 0 Å². The molecule has 2 aromatic carbocycles. The molecule has 0 aliphatic heterocycles. The van der Waals surface area contributed by atoms with Crippen molar-refractivity contribution >= 4 is 0 Å². The van der Waals surface area contributed by atoms with Gasteiger partial charge in [-0.25, -0.2) is 4.39 Å². The van der Waals surface area contributed by atoms with Crippen LogP contribution in [-0.2, 0) is 12.8 Å². The first kappa shape index (κ1) is 10.9. The van der Waals surface area contributed by atoms with Crippen molar-refractivity contribution in [3.05, 3.63) is 71.5 Å². The van der Waals surface area contributed by atoms with Gasteiger partial charge >= 0.3 is 0 Å². The summed E-state index contributed by atoms with van der Waals surface area (Å²) in [5.74, 6) is -0.0874. The third-order valence-electron chi connectivity index (χ3n) is 2.71. The number of halogens is 1. The van der Waals surface area contributed by atoms with Gasteiger partial charge in [-0.1, -0.05) is 48.5 Å². The van der Waals surface area contributed by atoms with Crippen LogP contribution in [0, 0.1) is 5.82 Å². The molecule has 2 aromatic rings. The quantitative estimate of drug-likeness (QED) is 0.721. The SMILES string of the molecule is Fc1ccccc1CCCc1ccccc1. The molecule has 0 heterocycles. The van der Waals surface area contributed by atoms with Crippen molar-refractivity contribution in [2.24, 2.45) is 0 Å². The van der Waals surface area contributed by atoms with E-state index in [1.807, 2.05) is 30.3 Å². The van der Waals surface area contributed by atoms with Crippen LogP contribution in [0.5, 0.6) is 0 Å². The van der Waals surface area contributed by atoms with Crippen LogP contribution in [0.25, 0.3) is 0 Å². The molecule has 0 aromatic heterocycles. The minimum Gasteiger partial charge on any atom is -0.207 e. The average Bonchev–Trinajstić information content (AvgIpc) is 2.33. The van der Waals surface area contributed by atoms with Crippen LogP contribution in [0.4, 0.5) is 4.39 Å². The summed E-state index contributed by atoms with van der Waals surface area (Å²) in [6.07, 6.45) is 2.81. The van der Waals surface area contributed by atoms with Crippen LogP contribution >= 0.6 is 0 Å². The summed E-state index contributed by atoms with van der Waals surface area (Å²) in [6.45, 7) is 0. The third kappa shape index (κ3) is 2.93. The molecule has 0 saturated heterocycles. The van der Waals surface area contributed by atoms with Crippen molar-refractivity contribution < 1.29 is 4.39 Å². The highest BCUT2D eigenvalue weighted by Gasteiger charge is 2.00. The Hall–Kier alpha value is -1.63. The Bertz CT molecular complexity index is 434. The third-order valence-corrected chi connectivity index (χ3v) is 2.71. The van der Waals surface area contributed by atoms with Crippen LogP contribution in [-0.4, -0.2) is 0 Å². The normalized spacial score (nSPS) is 10.3. The van der Waals surface area contributed by atoms with E-state index in [1.54, 1.807) is 6.07 Å². The molecule has 0 bridgehead atoms. The Morgan fingerprint density at radius 3 is 2.19 bits per heavy atom. The van der Waals surface area contributed by atoms with E-state index in [0.717, 1.165) is 24.8 Å². The molecule has 0 radical (unpaired) electrons. The Labute approximate surface area is 95.7 Å². The summed E-state index contributed by atoms with van der Waals surface area (Å²) in [4.78, 5) is 0. The fourth-order valence-electron chi connectivity index (χ4n) is 1.83. The fraction of sp³-hybridized carbons (Fsp3) is 0.200. The molecule has 0 nitrogen and oxygen atoms in total. The van der Waals surface area contributed by atoms with Crippen molar-refractivity contribution in [3.8, 4) is 0 Å². The molecule has 0 saturated carbocycles.